The van der Waals surface area contributed by atoms with Crippen LogP contribution in [0.4, 0.5) is 5.95 Å². The molecule has 0 saturated carbocycles. The van der Waals surface area contributed by atoms with Crippen LogP contribution in [0.3, 0.4) is 0 Å². The van der Waals surface area contributed by atoms with Gasteiger partial charge in [0, 0.05) is 36.0 Å². The van der Waals surface area contributed by atoms with Crippen LogP contribution in [0.5, 0.6) is 0 Å². The van der Waals surface area contributed by atoms with Gasteiger partial charge in [0.15, 0.2) is 0 Å². The van der Waals surface area contributed by atoms with Crippen LogP contribution in [0.15, 0.2) is 35.3 Å². The second-order valence-electron chi connectivity index (χ2n) is 8.57. The molecule has 34 heavy (non-hydrogen) atoms. The van der Waals surface area contributed by atoms with Gasteiger partial charge in [0.05, 0.1) is 32.5 Å². The van der Waals surface area contributed by atoms with Crippen LogP contribution in [-0.4, -0.2) is 41.9 Å². The van der Waals surface area contributed by atoms with Crippen molar-refractivity contribution < 1.29 is 9.90 Å². The maximum absolute atomic E-state index is 13.0. The smallest absolute Gasteiger partial charge is 0.326 e. The maximum Gasteiger partial charge on any atom is 0.326 e. The molecule has 0 spiro atoms. The molecule has 3 aromatic heterocycles. The molecule has 0 aliphatic carbocycles. The fraction of sp³-hybridized carbons (Fsp3) is 0.304. The monoisotopic (exact) mass is 481 g/mol. The number of aliphatic hydroxyl groups is 1. The lowest BCUT2D eigenvalue weighted by molar-refractivity contribution is 0.0667. The number of aromatic nitrogens is 4. The van der Waals surface area contributed by atoms with E-state index in [0.717, 1.165) is 17.2 Å². The van der Waals surface area contributed by atoms with Crippen molar-refractivity contribution in [1.29, 1.82) is 5.41 Å². The lowest BCUT2D eigenvalue weighted by Crippen LogP contribution is -2.22. The molecule has 0 bridgehead atoms. The first-order valence-corrected chi connectivity index (χ1v) is 11.7. The third-order valence-electron chi connectivity index (χ3n) is 5.58. The lowest BCUT2D eigenvalue weighted by Gasteiger charge is -2.18. The number of nitrogens with two attached hydrogens (primary N) is 1. The van der Waals surface area contributed by atoms with Gasteiger partial charge in [0.2, 0.25) is 5.95 Å². The van der Waals surface area contributed by atoms with E-state index in [4.69, 9.17) is 11.1 Å². The standard InChI is InChI=1S/C23H27N7O3S/c1-4-29-16-10-17-14(9-15(16)27-22(29)32)26-21(30(17)8-7-23(2,3)33)28-20(31)19-6-5-18(34-19)13(11-24)12-25/h5-6,9-12,24,33H,4,7-8,25H2,1-3H3,(H,27,32)(H,26,28,31)/b13-12+,24-11?. The quantitative estimate of drug-likeness (QED) is 0.245. The van der Waals surface area contributed by atoms with Crippen molar-refractivity contribution in [1.82, 2.24) is 19.1 Å². The van der Waals surface area contributed by atoms with E-state index in [0.29, 0.717) is 51.8 Å². The van der Waals surface area contributed by atoms with Gasteiger partial charge in [0.25, 0.3) is 5.91 Å². The van der Waals surface area contributed by atoms with Crippen molar-refractivity contribution in [2.45, 2.75) is 45.9 Å². The number of carbonyl (C=O) groups excluding carboxylic acids is 1. The normalized spacial score (nSPS) is 12.5. The number of aromatic amines is 1. The number of allylic oxidation sites excluding steroid dienone is 1. The van der Waals surface area contributed by atoms with Crippen molar-refractivity contribution in [3.05, 3.63) is 50.7 Å². The van der Waals surface area contributed by atoms with Gasteiger partial charge in [-0.2, -0.15) is 0 Å². The number of aryl methyl sites for hydroxylation is 2. The van der Waals surface area contributed by atoms with Crippen LogP contribution in [0.25, 0.3) is 27.6 Å². The Kier molecular flexibility index (Phi) is 6.15. The molecule has 1 aromatic carbocycles. The predicted molar refractivity (Wildman–Crippen MR) is 136 cm³/mol. The summed E-state index contributed by atoms with van der Waals surface area (Å²) in [5.41, 5.74) is 7.76. The van der Waals surface area contributed by atoms with Crippen LogP contribution >= 0.6 is 11.3 Å². The average Bonchev–Trinajstić information content (AvgIpc) is 3.46. The van der Waals surface area contributed by atoms with Crippen LogP contribution in [0, 0.1) is 5.41 Å². The van der Waals surface area contributed by atoms with Gasteiger partial charge in [-0.15, -0.1) is 11.3 Å². The number of amides is 1. The molecular formula is C23H27N7O3S. The number of thiophene rings is 1. The van der Waals surface area contributed by atoms with E-state index in [2.05, 4.69) is 15.3 Å². The minimum absolute atomic E-state index is 0.189. The van der Waals surface area contributed by atoms with Crippen LogP contribution in [0.1, 0.15) is 41.7 Å². The summed E-state index contributed by atoms with van der Waals surface area (Å²) in [6, 6.07) is 7.09. The molecular weight excluding hydrogens is 454 g/mol. The molecule has 11 heteroatoms. The first-order chi connectivity index (χ1) is 16.1. The number of carbonyl (C=O) groups is 1. The Balaban J connectivity index is 1.77. The molecule has 6 N–H and O–H groups in total. The number of H-pyrrole nitrogens is 1. The second-order valence-corrected chi connectivity index (χ2v) is 9.65. The second kappa shape index (κ2) is 8.92. The first-order valence-electron chi connectivity index (χ1n) is 10.8. The third-order valence-corrected chi connectivity index (χ3v) is 6.71. The molecule has 0 saturated heterocycles. The van der Waals surface area contributed by atoms with E-state index in [-0.39, 0.29) is 11.6 Å². The Labute approximate surface area is 199 Å². The first kappa shape index (κ1) is 23.5. The predicted octanol–water partition coefficient (Wildman–Crippen LogP) is 3.12. The number of rotatable bonds is 8. The Morgan fingerprint density at radius 2 is 2.03 bits per heavy atom. The molecule has 10 nitrogen and oxygen atoms in total. The van der Waals surface area contributed by atoms with Crippen molar-refractivity contribution in [2.75, 3.05) is 5.32 Å². The minimum atomic E-state index is -0.915. The number of benzene rings is 1. The van der Waals surface area contributed by atoms with Gasteiger partial charge < -0.3 is 25.8 Å². The number of anilines is 1. The van der Waals surface area contributed by atoms with Gasteiger partial charge in [-0.05, 0) is 51.5 Å². The van der Waals surface area contributed by atoms with Crippen molar-refractivity contribution in [2.24, 2.45) is 5.73 Å². The molecule has 0 atom stereocenters. The summed E-state index contributed by atoms with van der Waals surface area (Å²) in [6.07, 6.45) is 2.90. The average molecular weight is 482 g/mol. The van der Waals surface area contributed by atoms with E-state index in [1.165, 1.54) is 17.5 Å². The summed E-state index contributed by atoms with van der Waals surface area (Å²) in [6.45, 7) is 6.27. The lowest BCUT2D eigenvalue weighted by atomic mass is 10.1. The third kappa shape index (κ3) is 4.39. The van der Waals surface area contributed by atoms with Gasteiger partial charge in [0.1, 0.15) is 0 Å². The van der Waals surface area contributed by atoms with Gasteiger partial charge in [-0.1, -0.05) is 0 Å². The highest BCUT2D eigenvalue weighted by atomic mass is 32.1. The van der Waals surface area contributed by atoms with Crippen molar-refractivity contribution >= 4 is 57.0 Å². The van der Waals surface area contributed by atoms with Crippen LogP contribution in [0.2, 0.25) is 0 Å². The number of imidazole rings is 2. The fourth-order valence-electron chi connectivity index (χ4n) is 3.78. The van der Waals surface area contributed by atoms with Crippen molar-refractivity contribution in [3.63, 3.8) is 0 Å². The highest BCUT2D eigenvalue weighted by Crippen LogP contribution is 2.28. The summed E-state index contributed by atoms with van der Waals surface area (Å²) in [4.78, 5) is 33.9. The summed E-state index contributed by atoms with van der Waals surface area (Å²) in [7, 11) is 0. The molecule has 178 valence electrons. The van der Waals surface area contributed by atoms with Gasteiger partial charge >= 0.3 is 5.69 Å². The van der Waals surface area contributed by atoms with Crippen LogP contribution in [-0.2, 0) is 13.1 Å². The zero-order valence-electron chi connectivity index (χ0n) is 19.2. The Hall–Kier alpha value is -3.70. The topological polar surface area (TPSA) is 155 Å². The van der Waals surface area contributed by atoms with E-state index in [1.54, 1.807) is 36.6 Å². The molecule has 0 aliphatic heterocycles. The molecule has 0 aliphatic rings. The summed E-state index contributed by atoms with van der Waals surface area (Å²) >= 11 is 1.23. The highest BCUT2D eigenvalue weighted by molar-refractivity contribution is 7.15. The summed E-state index contributed by atoms with van der Waals surface area (Å²) < 4.78 is 3.48. The Bertz CT molecular complexity index is 1480. The number of fused-ring (bicyclic) bond motifs is 2. The SMILES string of the molecule is CCn1c(=O)[nH]c2cc3nc(NC(=O)c4ccc(/C(C=N)=C/N)s4)n(CCC(C)(C)O)c3cc21. The van der Waals surface area contributed by atoms with E-state index < -0.39 is 5.60 Å². The van der Waals surface area contributed by atoms with Gasteiger partial charge in [-0.25, -0.2) is 9.78 Å². The number of nitrogens with zero attached hydrogens (tertiary/aromatic N) is 3. The number of hydrogen-bond acceptors (Lipinski definition) is 7. The highest BCUT2D eigenvalue weighted by Gasteiger charge is 2.20. The number of hydrogen-bond donors (Lipinski definition) is 5. The zero-order chi connectivity index (χ0) is 24.6. The maximum atomic E-state index is 13.0. The Morgan fingerprint density at radius 3 is 2.68 bits per heavy atom. The summed E-state index contributed by atoms with van der Waals surface area (Å²) in [5, 5.41) is 20.6. The van der Waals surface area contributed by atoms with E-state index in [1.807, 2.05) is 17.6 Å². The molecule has 0 radical (unpaired) electrons. The van der Waals surface area contributed by atoms with Crippen LogP contribution < -0.4 is 16.7 Å². The fourth-order valence-corrected chi connectivity index (χ4v) is 4.67. The van der Waals surface area contributed by atoms with E-state index >= 15 is 0 Å². The summed E-state index contributed by atoms with van der Waals surface area (Å²) in [5.74, 6) is 0.00679. The molecule has 1 amide bonds. The molecule has 4 aromatic rings. The molecule has 0 unspecified atom stereocenters. The molecule has 0 fully saturated rings. The van der Waals surface area contributed by atoms with E-state index in [9.17, 15) is 14.7 Å². The number of nitrogens with one attached hydrogen (secondary N) is 3. The largest absolute Gasteiger partial charge is 0.404 e. The van der Waals surface area contributed by atoms with Crippen molar-refractivity contribution in [3.8, 4) is 0 Å². The molecule has 3 heterocycles. The Morgan fingerprint density at radius 1 is 1.29 bits per heavy atom. The molecule has 4 rings (SSSR count). The minimum Gasteiger partial charge on any atom is -0.404 e. The van der Waals surface area contributed by atoms with Gasteiger partial charge in [-0.3, -0.25) is 14.7 Å². The zero-order valence-corrected chi connectivity index (χ0v) is 20.0.